The van der Waals surface area contributed by atoms with Crippen LogP contribution in [0.5, 0.6) is 0 Å². The van der Waals surface area contributed by atoms with E-state index in [4.69, 9.17) is 0 Å². The van der Waals surface area contributed by atoms with Gasteiger partial charge in [-0.05, 0) is 33.0 Å². The van der Waals surface area contributed by atoms with Crippen molar-refractivity contribution >= 4 is 0 Å². The predicted octanol–water partition coefficient (Wildman–Crippen LogP) is 2.11. The molecule has 1 spiro atoms. The Kier molecular flexibility index (Phi) is 6.35. The Labute approximate surface area is 83.7 Å². The molecule has 1 atom stereocenters. The molecule has 0 saturated carbocycles. The zero-order chi connectivity index (χ0) is 10.3. The predicted molar refractivity (Wildman–Crippen MR) is 60.2 cm³/mol. The van der Waals surface area contributed by atoms with Crippen molar-refractivity contribution in [3.63, 3.8) is 0 Å². The van der Waals surface area contributed by atoms with Crippen LogP contribution in [0.1, 0.15) is 40.5 Å². The molecule has 80 valence electrons. The number of nitrogens with zero attached hydrogens (tertiary/aromatic N) is 1. The van der Waals surface area contributed by atoms with E-state index in [1.54, 1.807) is 0 Å². The minimum atomic E-state index is 0.564. The second-order valence-corrected chi connectivity index (χ2v) is 3.44. The first-order valence-corrected chi connectivity index (χ1v) is 5.74. The quantitative estimate of drug-likeness (QED) is 0.623. The highest BCUT2D eigenvalue weighted by Crippen LogP contribution is 2.28. The number of likely N-dealkylation sites (tertiary alicyclic amines) is 1. The van der Waals surface area contributed by atoms with E-state index in [-0.39, 0.29) is 0 Å². The van der Waals surface area contributed by atoms with Gasteiger partial charge in [0.25, 0.3) is 0 Å². The highest BCUT2D eigenvalue weighted by atomic mass is 15.2. The Morgan fingerprint density at radius 1 is 1.08 bits per heavy atom. The molecule has 0 bridgehead atoms. The molecule has 1 N–H and O–H groups in total. The maximum atomic E-state index is 3.51. The summed E-state index contributed by atoms with van der Waals surface area (Å²) in [5.74, 6) is 0. The molecule has 0 amide bonds. The first kappa shape index (κ1) is 12.9. The largest absolute Gasteiger partial charge is 0.310 e. The highest BCUT2D eigenvalue weighted by Gasteiger charge is 2.40. The van der Waals surface area contributed by atoms with Gasteiger partial charge in [0.15, 0.2) is 0 Å². The first-order valence-electron chi connectivity index (χ1n) is 5.74. The first-order chi connectivity index (χ1) is 6.31. The van der Waals surface area contributed by atoms with E-state index in [0.29, 0.717) is 5.54 Å². The fraction of sp³-hybridized carbons (Fsp3) is 1.00. The molecule has 2 aliphatic rings. The van der Waals surface area contributed by atoms with Gasteiger partial charge in [-0.1, -0.05) is 27.7 Å². The molecular formula is C11H26N2. The molecule has 0 radical (unpaired) electrons. The van der Waals surface area contributed by atoms with E-state index in [1.165, 1.54) is 32.5 Å². The smallest absolute Gasteiger partial charge is 0.0332 e. The molecule has 2 heterocycles. The van der Waals surface area contributed by atoms with E-state index in [9.17, 15) is 0 Å². The van der Waals surface area contributed by atoms with Crippen molar-refractivity contribution in [3.05, 3.63) is 0 Å². The summed E-state index contributed by atoms with van der Waals surface area (Å²) in [6, 6.07) is 0. The lowest BCUT2D eigenvalue weighted by atomic mass is 9.87. The van der Waals surface area contributed by atoms with E-state index in [0.717, 1.165) is 0 Å². The lowest BCUT2D eigenvalue weighted by Gasteiger charge is -2.39. The standard InChI is InChI=1S/C7H14N2.2C2H6/c1-9-5-3-7(6-9)2-4-8-7;2*1-2/h8H,2-6H2,1H3;2*1-2H3. The fourth-order valence-corrected chi connectivity index (χ4v) is 1.91. The van der Waals surface area contributed by atoms with Crippen molar-refractivity contribution in [1.29, 1.82) is 0 Å². The van der Waals surface area contributed by atoms with E-state index in [2.05, 4.69) is 17.3 Å². The van der Waals surface area contributed by atoms with Crippen molar-refractivity contribution < 1.29 is 0 Å². The minimum Gasteiger partial charge on any atom is -0.310 e. The van der Waals surface area contributed by atoms with Crippen molar-refractivity contribution in [2.24, 2.45) is 0 Å². The maximum Gasteiger partial charge on any atom is 0.0332 e. The fourth-order valence-electron chi connectivity index (χ4n) is 1.91. The number of likely N-dealkylation sites (N-methyl/N-ethyl adjacent to an activating group) is 1. The molecule has 2 aliphatic heterocycles. The van der Waals surface area contributed by atoms with Crippen LogP contribution in [0, 0.1) is 0 Å². The molecule has 1 unspecified atom stereocenters. The number of hydrogen-bond acceptors (Lipinski definition) is 2. The Hall–Kier alpha value is -0.0800. The van der Waals surface area contributed by atoms with Crippen LogP contribution in [0.4, 0.5) is 0 Å². The summed E-state index contributed by atoms with van der Waals surface area (Å²) in [6.45, 7) is 11.8. The normalized spacial score (nSPS) is 31.2. The van der Waals surface area contributed by atoms with Gasteiger partial charge >= 0.3 is 0 Å². The van der Waals surface area contributed by atoms with Gasteiger partial charge < -0.3 is 10.2 Å². The second kappa shape index (κ2) is 6.39. The third kappa shape index (κ3) is 3.28. The lowest BCUT2D eigenvalue weighted by Crippen LogP contribution is -2.58. The van der Waals surface area contributed by atoms with E-state index in [1.807, 2.05) is 27.7 Å². The van der Waals surface area contributed by atoms with Gasteiger partial charge in [0, 0.05) is 12.1 Å². The summed E-state index contributed by atoms with van der Waals surface area (Å²) in [5, 5.41) is 3.51. The Morgan fingerprint density at radius 3 is 1.77 bits per heavy atom. The average molecular weight is 186 g/mol. The van der Waals surface area contributed by atoms with Crippen molar-refractivity contribution in [3.8, 4) is 0 Å². The summed E-state index contributed by atoms with van der Waals surface area (Å²) in [5.41, 5.74) is 0.564. The monoisotopic (exact) mass is 186 g/mol. The van der Waals surface area contributed by atoms with Gasteiger partial charge in [0.2, 0.25) is 0 Å². The van der Waals surface area contributed by atoms with Gasteiger partial charge in [-0.3, -0.25) is 0 Å². The van der Waals surface area contributed by atoms with E-state index < -0.39 is 0 Å². The molecule has 0 aromatic carbocycles. The number of hydrogen-bond donors (Lipinski definition) is 1. The van der Waals surface area contributed by atoms with Crippen LogP contribution in [-0.2, 0) is 0 Å². The number of nitrogens with one attached hydrogen (secondary N) is 1. The molecule has 2 fully saturated rings. The maximum absolute atomic E-state index is 3.51. The van der Waals surface area contributed by atoms with Crippen LogP contribution in [0.2, 0.25) is 0 Å². The Morgan fingerprint density at radius 2 is 1.62 bits per heavy atom. The van der Waals surface area contributed by atoms with Crippen LogP contribution in [0.3, 0.4) is 0 Å². The van der Waals surface area contributed by atoms with Gasteiger partial charge in [-0.2, -0.15) is 0 Å². The lowest BCUT2D eigenvalue weighted by molar-refractivity contribution is 0.212. The second-order valence-electron chi connectivity index (χ2n) is 3.44. The van der Waals surface area contributed by atoms with Gasteiger partial charge in [-0.15, -0.1) is 0 Å². The summed E-state index contributed by atoms with van der Waals surface area (Å²) >= 11 is 0. The Bertz CT molecular complexity index is 119. The average Bonchev–Trinajstić information content (AvgIpc) is 2.54. The third-order valence-corrected chi connectivity index (χ3v) is 2.65. The molecular weight excluding hydrogens is 160 g/mol. The van der Waals surface area contributed by atoms with Crippen LogP contribution < -0.4 is 5.32 Å². The summed E-state index contributed by atoms with van der Waals surface area (Å²) < 4.78 is 0. The van der Waals surface area contributed by atoms with E-state index >= 15 is 0 Å². The Balaban J connectivity index is 0.000000322. The zero-order valence-corrected chi connectivity index (χ0v) is 9.98. The summed E-state index contributed by atoms with van der Waals surface area (Å²) in [4.78, 5) is 2.41. The molecule has 2 saturated heterocycles. The molecule has 2 nitrogen and oxygen atoms in total. The zero-order valence-electron chi connectivity index (χ0n) is 9.98. The van der Waals surface area contributed by atoms with Gasteiger partial charge in [-0.25, -0.2) is 0 Å². The van der Waals surface area contributed by atoms with Crippen LogP contribution in [0.15, 0.2) is 0 Å². The number of rotatable bonds is 0. The van der Waals surface area contributed by atoms with Crippen molar-refractivity contribution in [2.75, 3.05) is 26.7 Å². The van der Waals surface area contributed by atoms with Crippen LogP contribution >= 0.6 is 0 Å². The molecule has 0 aromatic rings. The minimum absolute atomic E-state index is 0.564. The summed E-state index contributed by atoms with van der Waals surface area (Å²) in [6.07, 6.45) is 2.76. The molecule has 2 heteroatoms. The topological polar surface area (TPSA) is 15.3 Å². The third-order valence-electron chi connectivity index (χ3n) is 2.65. The van der Waals surface area contributed by atoms with Crippen LogP contribution in [-0.4, -0.2) is 37.1 Å². The molecule has 0 aliphatic carbocycles. The molecule has 13 heavy (non-hydrogen) atoms. The van der Waals surface area contributed by atoms with Crippen molar-refractivity contribution in [1.82, 2.24) is 10.2 Å². The van der Waals surface area contributed by atoms with Crippen molar-refractivity contribution in [2.45, 2.75) is 46.1 Å². The van der Waals surface area contributed by atoms with Crippen LogP contribution in [0.25, 0.3) is 0 Å². The molecule has 2 rings (SSSR count). The summed E-state index contributed by atoms with van der Waals surface area (Å²) in [7, 11) is 2.20. The van der Waals surface area contributed by atoms with Gasteiger partial charge in [0.05, 0.1) is 0 Å². The molecule has 0 aromatic heterocycles. The van der Waals surface area contributed by atoms with Gasteiger partial charge in [0.1, 0.15) is 0 Å². The highest BCUT2D eigenvalue weighted by molar-refractivity contribution is 5.02. The SMILES string of the molecule is CC.CC.CN1CCC2(CCN2)C1.